The van der Waals surface area contributed by atoms with Crippen molar-refractivity contribution in [3.63, 3.8) is 0 Å². The van der Waals surface area contributed by atoms with Gasteiger partial charge in [0.2, 0.25) is 6.10 Å². The van der Waals surface area contributed by atoms with Crippen molar-refractivity contribution in [2.45, 2.75) is 6.10 Å². The van der Waals surface area contributed by atoms with Crippen molar-refractivity contribution >= 4 is 17.3 Å². The molecule has 0 amide bonds. The summed E-state index contributed by atoms with van der Waals surface area (Å²) in [4.78, 5) is 14.5. The highest BCUT2D eigenvalue weighted by Crippen LogP contribution is 2.19. The first-order valence-corrected chi connectivity index (χ1v) is 4.48. The molecule has 1 unspecified atom stereocenters. The molecule has 1 heterocycles. The minimum Gasteiger partial charge on any atom is -0.479 e. The van der Waals surface area contributed by atoms with Gasteiger partial charge in [-0.15, -0.1) is 11.3 Å². The number of hydrogen-bond donors (Lipinski definition) is 2. The Kier molecular flexibility index (Phi) is 3.81. The molecular formula is C7H9NO4S. The Bertz CT molecular complexity index is 261. The first kappa shape index (κ1) is 10.1. The Balaban J connectivity index is 2.63. The van der Waals surface area contributed by atoms with E-state index in [1.165, 1.54) is 17.5 Å². The van der Waals surface area contributed by atoms with Crippen LogP contribution in [0.3, 0.4) is 0 Å². The molecule has 0 fully saturated rings. The predicted molar refractivity (Wildman–Crippen MR) is 45.5 cm³/mol. The molecule has 5 nitrogen and oxygen atoms in total. The van der Waals surface area contributed by atoms with Crippen LogP contribution in [0.4, 0.5) is 0 Å². The van der Waals surface area contributed by atoms with E-state index in [1.807, 2.05) is 0 Å². The molecule has 0 saturated carbocycles. The minimum atomic E-state index is -1.09. The molecule has 1 rings (SSSR count). The molecule has 72 valence electrons. The minimum absolute atomic E-state index is 0.00343. The topological polar surface area (TPSA) is 79.7 Å². The summed E-state index contributed by atoms with van der Waals surface area (Å²) in [7, 11) is 0. The van der Waals surface area contributed by atoms with Crippen molar-refractivity contribution in [3.8, 4) is 0 Å². The Morgan fingerprint density at radius 3 is 3.00 bits per heavy atom. The zero-order valence-corrected chi connectivity index (χ0v) is 7.53. The number of carboxylic acid groups (broad SMARTS) is 1. The second-order valence-corrected chi connectivity index (χ2v) is 3.11. The average molecular weight is 203 g/mol. The summed E-state index contributed by atoms with van der Waals surface area (Å²) >= 11 is 1.21. The molecule has 1 aromatic heterocycles. The second kappa shape index (κ2) is 4.90. The smallest absolute Gasteiger partial charge is 0.340 e. The van der Waals surface area contributed by atoms with Crippen molar-refractivity contribution in [3.05, 3.63) is 16.6 Å². The summed E-state index contributed by atoms with van der Waals surface area (Å²) in [6.45, 7) is -0.203. The van der Waals surface area contributed by atoms with Crippen molar-refractivity contribution in [2.75, 3.05) is 13.2 Å². The van der Waals surface area contributed by atoms with Gasteiger partial charge in [-0.3, -0.25) is 0 Å². The molecule has 2 N–H and O–H groups in total. The molecule has 1 aromatic rings. The van der Waals surface area contributed by atoms with Gasteiger partial charge in [-0.25, -0.2) is 9.78 Å². The third-order valence-corrected chi connectivity index (χ3v) is 2.09. The van der Waals surface area contributed by atoms with Crippen molar-refractivity contribution in [2.24, 2.45) is 0 Å². The number of ether oxygens (including phenoxy) is 1. The molecule has 0 saturated heterocycles. The molecule has 0 radical (unpaired) electrons. The number of hydrogen-bond acceptors (Lipinski definition) is 5. The number of carbonyl (C=O) groups is 1. The van der Waals surface area contributed by atoms with Crippen LogP contribution >= 0.6 is 11.3 Å². The van der Waals surface area contributed by atoms with Crippen molar-refractivity contribution < 1.29 is 19.7 Å². The fourth-order valence-corrected chi connectivity index (χ4v) is 1.46. The Labute approximate surface area is 78.6 Å². The van der Waals surface area contributed by atoms with E-state index < -0.39 is 12.1 Å². The highest BCUT2D eigenvalue weighted by atomic mass is 32.1. The number of aliphatic carboxylic acids is 1. The highest BCUT2D eigenvalue weighted by molar-refractivity contribution is 7.09. The number of nitrogens with zero attached hydrogens (tertiary/aromatic N) is 1. The first-order chi connectivity index (χ1) is 6.25. The van der Waals surface area contributed by atoms with Gasteiger partial charge in [-0.05, 0) is 0 Å². The van der Waals surface area contributed by atoms with Gasteiger partial charge in [0.1, 0.15) is 5.01 Å². The lowest BCUT2D eigenvalue weighted by molar-refractivity contribution is -0.151. The third kappa shape index (κ3) is 2.76. The number of thiazole rings is 1. The molecular weight excluding hydrogens is 194 g/mol. The molecule has 0 aliphatic carbocycles. The van der Waals surface area contributed by atoms with Crippen LogP contribution in [-0.2, 0) is 9.53 Å². The Morgan fingerprint density at radius 1 is 1.77 bits per heavy atom. The van der Waals surface area contributed by atoms with E-state index in [4.69, 9.17) is 14.9 Å². The predicted octanol–water partition coefficient (Wildman–Crippen LogP) is 0.278. The third-order valence-electron chi connectivity index (χ3n) is 1.28. The summed E-state index contributed by atoms with van der Waals surface area (Å²) in [6.07, 6.45) is 0.449. The number of carboxylic acids is 1. The summed E-state index contributed by atoms with van der Waals surface area (Å²) < 4.78 is 4.90. The van der Waals surface area contributed by atoms with Gasteiger partial charge in [0.25, 0.3) is 0 Å². The van der Waals surface area contributed by atoms with E-state index in [9.17, 15) is 4.79 Å². The maximum Gasteiger partial charge on any atom is 0.340 e. The number of aliphatic hydroxyl groups excluding tert-OH is 1. The first-order valence-electron chi connectivity index (χ1n) is 3.60. The van der Waals surface area contributed by atoms with Gasteiger partial charge in [0.05, 0.1) is 13.2 Å². The molecule has 0 aromatic carbocycles. The van der Waals surface area contributed by atoms with Crippen molar-refractivity contribution in [1.29, 1.82) is 0 Å². The van der Waals surface area contributed by atoms with Gasteiger partial charge in [-0.2, -0.15) is 0 Å². The molecule has 13 heavy (non-hydrogen) atoms. The fourth-order valence-electron chi connectivity index (χ4n) is 0.783. The summed E-state index contributed by atoms with van der Waals surface area (Å²) in [5, 5.41) is 19.3. The molecule has 0 aliphatic rings. The van der Waals surface area contributed by atoms with Crippen LogP contribution in [0.5, 0.6) is 0 Å². The van der Waals surface area contributed by atoms with Gasteiger partial charge < -0.3 is 14.9 Å². The maximum absolute atomic E-state index is 10.7. The van der Waals surface area contributed by atoms with Crippen LogP contribution in [-0.4, -0.2) is 34.4 Å². The normalized spacial score (nSPS) is 12.7. The number of rotatable bonds is 5. The average Bonchev–Trinajstić information content (AvgIpc) is 2.57. The van der Waals surface area contributed by atoms with Crippen LogP contribution in [0, 0.1) is 0 Å². The van der Waals surface area contributed by atoms with Crippen LogP contribution in [0.25, 0.3) is 0 Å². The van der Waals surface area contributed by atoms with Crippen LogP contribution in [0.2, 0.25) is 0 Å². The monoisotopic (exact) mass is 203 g/mol. The lowest BCUT2D eigenvalue weighted by Crippen LogP contribution is -2.16. The summed E-state index contributed by atoms with van der Waals surface area (Å²) in [5.41, 5.74) is 0. The fraction of sp³-hybridized carbons (Fsp3) is 0.429. The Morgan fingerprint density at radius 2 is 2.54 bits per heavy atom. The highest BCUT2D eigenvalue weighted by Gasteiger charge is 2.22. The van der Waals surface area contributed by atoms with E-state index >= 15 is 0 Å². The van der Waals surface area contributed by atoms with Crippen LogP contribution < -0.4 is 0 Å². The van der Waals surface area contributed by atoms with E-state index in [1.54, 1.807) is 5.38 Å². The van der Waals surface area contributed by atoms with Gasteiger partial charge >= 0.3 is 5.97 Å². The van der Waals surface area contributed by atoms with E-state index in [0.29, 0.717) is 5.01 Å². The standard InChI is InChI=1S/C7H9NO4S/c9-2-3-12-5(7(10)11)6-8-1-4-13-6/h1,4-5,9H,2-3H2,(H,10,11). The quantitative estimate of drug-likeness (QED) is 0.718. The van der Waals surface area contributed by atoms with E-state index in [0.717, 1.165) is 0 Å². The second-order valence-electron chi connectivity index (χ2n) is 2.18. The molecule has 0 aliphatic heterocycles. The lowest BCUT2D eigenvalue weighted by Gasteiger charge is -2.08. The van der Waals surface area contributed by atoms with Gasteiger partial charge in [-0.1, -0.05) is 0 Å². The maximum atomic E-state index is 10.7. The molecule has 0 bridgehead atoms. The summed E-state index contributed by atoms with van der Waals surface area (Å²) in [5.74, 6) is -1.09. The van der Waals surface area contributed by atoms with E-state index in [2.05, 4.69) is 4.98 Å². The van der Waals surface area contributed by atoms with E-state index in [-0.39, 0.29) is 13.2 Å². The lowest BCUT2D eigenvalue weighted by atomic mass is 10.4. The number of aromatic nitrogens is 1. The largest absolute Gasteiger partial charge is 0.479 e. The Hall–Kier alpha value is -0.980. The van der Waals surface area contributed by atoms with Crippen LogP contribution in [0.15, 0.2) is 11.6 Å². The molecule has 0 spiro atoms. The van der Waals surface area contributed by atoms with Crippen molar-refractivity contribution in [1.82, 2.24) is 4.98 Å². The van der Waals surface area contributed by atoms with Gasteiger partial charge in [0, 0.05) is 11.6 Å². The summed E-state index contributed by atoms with van der Waals surface area (Å²) in [6, 6.07) is 0. The molecule has 6 heteroatoms. The zero-order valence-electron chi connectivity index (χ0n) is 6.71. The number of aliphatic hydroxyl groups is 1. The SMILES string of the molecule is O=C(O)C(OCCO)c1nccs1. The van der Waals surface area contributed by atoms with Gasteiger partial charge in [0.15, 0.2) is 0 Å². The molecule has 1 atom stereocenters. The zero-order chi connectivity index (χ0) is 9.68. The van der Waals surface area contributed by atoms with Crippen LogP contribution in [0.1, 0.15) is 11.1 Å².